The molecule has 0 spiro atoms. The lowest BCUT2D eigenvalue weighted by atomic mass is 9.99. The maximum atomic E-state index is 13.7. The summed E-state index contributed by atoms with van der Waals surface area (Å²) in [6, 6.07) is 15.7. The van der Waals surface area contributed by atoms with E-state index < -0.39 is 6.29 Å². The van der Waals surface area contributed by atoms with E-state index in [9.17, 15) is 14.6 Å². The molecule has 7 heteroatoms. The first-order valence-electron chi connectivity index (χ1n) is 10.0. The summed E-state index contributed by atoms with van der Waals surface area (Å²) in [5.41, 5.74) is 5.38. The highest BCUT2D eigenvalue weighted by Gasteiger charge is 2.24. The minimum atomic E-state index is -1.66. The number of hydrogen-bond donors (Lipinski definition) is 3. The van der Waals surface area contributed by atoms with E-state index >= 15 is 0 Å². The van der Waals surface area contributed by atoms with Crippen LogP contribution >= 0.6 is 0 Å². The molecule has 0 bridgehead atoms. The van der Waals surface area contributed by atoms with Gasteiger partial charge in [0.15, 0.2) is 6.29 Å². The van der Waals surface area contributed by atoms with Crippen LogP contribution in [0.25, 0.3) is 38.8 Å². The van der Waals surface area contributed by atoms with Gasteiger partial charge in [-0.15, -0.1) is 0 Å². The van der Waals surface area contributed by atoms with Crippen molar-refractivity contribution in [3.8, 4) is 16.9 Å². The first kappa shape index (κ1) is 19.4. The predicted molar refractivity (Wildman–Crippen MR) is 117 cm³/mol. The van der Waals surface area contributed by atoms with Gasteiger partial charge in [0, 0.05) is 27.7 Å². The number of halogens is 1. The number of benzene rings is 2. The molecule has 0 aliphatic rings. The Hall–Kier alpha value is -3.55. The second-order valence-corrected chi connectivity index (χ2v) is 7.87. The topological polar surface area (TPSA) is 87.0 Å². The number of pyridine rings is 1. The zero-order valence-corrected chi connectivity index (χ0v) is 17.0. The molecule has 0 unspecified atom stereocenters. The van der Waals surface area contributed by atoms with Gasteiger partial charge in [-0.1, -0.05) is 19.9 Å². The summed E-state index contributed by atoms with van der Waals surface area (Å²) in [7, 11) is 0. The van der Waals surface area contributed by atoms with Gasteiger partial charge in [-0.05, 0) is 54.4 Å². The highest BCUT2D eigenvalue weighted by molar-refractivity contribution is 6.05. The lowest BCUT2D eigenvalue weighted by Crippen LogP contribution is -2.04. The average Bonchev–Trinajstić information content (AvgIpc) is 3.34. The fourth-order valence-electron chi connectivity index (χ4n) is 4.16. The smallest absolute Gasteiger partial charge is 0.196 e. The lowest BCUT2D eigenvalue weighted by Gasteiger charge is -2.16. The molecule has 0 saturated heterocycles. The molecule has 0 aliphatic heterocycles. The van der Waals surface area contributed by atoms with E-state index in [0.29, 0.717) is 5.69 Å². The first-order valence-corrected chi connectivity index (χ1v) is 10.0. The maximum absolute atomic E-state index is 13.7. The van der Waals surface area contributed by atoms with Crippen LogP contribution in [0.1, 0.15) is 37.4 Å². The Labute approximate surface area is 177 Å². The van der Waals surface area contributed by atoms with Crippen molar-refractivity contribution in [3.63, 3.8) is 0 Å². The number of fused-ring (bicyclic) bond motifs is 2. The van der Waals surface area contributed by atoms with E-state index in [2.05, 4.69) is 39.7 Å². The SMILES string of the molecule is CC(C)c1c(-c2cccc(C(O)O)n2)c2cc3[nH]ncc3cc2n1-c1ccc(F)cc1. The summed E-state index contributed by atoms with van der Waals surface area (Å²) in [4.78, 5) is 4.53. The summed E-state index contributed by atoms with van der Waals surface area (Å²) in [5.74, 6) is -0.191. The number of aliphatic hydroxyl groups excluding tert-OH is 1. The highest BCUT2D eigenvalue weighted by Crippen LogP contribution is 2.41. The number of H-pyrrole nitrogens is 1. The van der Waals surface area contributed by atoms with Crippen LogP contribution in [0.4, 0.5) is 4.39 Å². The molecule has 31 heavy (non-hydrogen) atoms. The van der Waals surface area contributed by atoms with Crippen LogP contribution < -0.4 is 0 Å². The van der Waals surface area contributed by atoms with Crippen molar-refractivity contribution in [2.75, 3.05) is 0 Å². The summed E-state index contributed by atoms with van der Waals surface area (Å²) in [6.45, 7) is 4.19. The minimum absolute atomic E-state index is 0.105. The summed E-state index contributed by atoms with van der Waals surface area (Å²) < 4.78 is 15.8. The Morgan fingerprint density at radius 2 is 1.81 bits per heavy atom. The molecule has 0 fully saturated rings. The van der Waals surface area contributed by atoms with Crippen molar-refractivity contribution < 1.29 is 14.6 Å². The van der Waals surface area contributed by atoms with E-state index in [1.54, 1.807) is 30.5 Å². The van der Waals surface area contributed by atoms with Crippen molar-refractivity contribution in [3.05, 3.63) is 78.0 Å². The van der Waals surface area contributed by atoms with Crippen molar-refractivity contribution in [1.82, 2.24) is 19.7 Å². The second kappa shape index (κ2) is 7.30. The van der Waals surface area contributed by atoms with Crippen molar-refractivity contribution in [2.45, 2.75) is 26.1 Å². The molecule has 2 aromatic carbocycles. The number of nitrogens with one attached hydrogen (secondary N) is 1. The lowest BCUT2D eigenvalue weighted by molar-refractivity contribution is -0.0457. The van der Waals surface area contributed by atoms with Gasteiger partial charge in [-0.3, -0.25) is 5.10 Å². The number of hydrogen-bond acceptors (Lipinski definition) is 4. The van der Waals surface area contributed by atoms with Gasteiger partial charge in [0.2, 0.25) is 0 Å². The Bertz CT molecular complexity index is 1400. The second-order valence-electron chi connectivity index (χ2n) is 7.87. The fraction of sp³-hybridized carbons (Fsp3) is 0.167. The van der Waals surface area contributed by atoms with Gasteiger partial charge in [0.25, 0.3) is 0 Å². The van der Waals surface area contributed by atoms with Gasteiger partial charge in [0.05, 0.1) is 28.6 Å². The number of aromatic amines is 1. The van der Waals surface area contributed by atoms with Gasteiger partial charge < -0.3 is 14.8 Å². The third kappa shape index (κ3) is 3.19. The molecule has 3 aromatic heterocycles. The number of rotatable bonds is 4. The van der Waals surface area contributed by atoms with Gasteiger partial charge in [-0.25, -0.2) is 9.37 Å². The predicted octanol–water partition coefficient (Wildman–Crippen LogP) is 4.81. The minimum Gasteiger partial charge on any atom is -0.363 e. The van der Waals surface area contributed by atoms with E-state index in [1.165, 1.54) is 12.1 Å². The monoisotopic (exact) mass is 416 g/mol. The molecular formula is C24H21FN4O2. The molecule has 3 heterocycles. The van der Waals surface area contributed by atoms with E-state index in [4.69, 9.17) is 0 Å². The molecule has 0 radical (unpaired) electrons. The van der Waals surface area contributed by atoms with Crippen LogP contribution in [0.2, 0.25) is 0 Å². The maximum Gasteiger partial charge on any atom is 0.196 e. The number of aromatic nitrogens is 4. The molecule has 6 nitrogen and oxygen atoms in total. The van der Waals surface area contributed by atoms with E-state index in [-0.39, 0.29) is 17.4 Å². The zero-order chi connectivity index (χ0) is 21.7. The fourth-order valence-corrected chi connectivity index (χ4v) is 4.16. The average molecular weight is 416 g/mol. The van der Waals surface area contributed by atoms with Crippen LogP contribution in [-0.4, -0.2) is 30.0 Å². The number of nitrogens with zero attached hydrogens (tertiary/aromatic N) is 3. The molecule has 3 N–H and O–H groups in total. The normalized spacial score (nSPS) is 12.0. The molecule has 0 saturated carbocycles. The quantitative estimate of drug-likeness (QED) is 0.367. The Morgan fingerprint density at radius 1 is 1.03 bits per heavy atom. The molecule has 0 amide bonds. The highest BCUT2D eigenvalue weighted by atomic mass is 19.1. The van der Waals surface area contributed by atoms with Gasteiger partial charge in [-0.2, -0.15) is 5.10 Å². The molecule has 5 aromatic rings. The third-order valence-corrected chi connectivity index (χ3v) is 5.49. The van der Waals surface area contributed by atoms with Gasteiger partial charge in [0.1, 0.15) is 5.82 Å². The first-order chi connectivity index (χ1) is 14.9. The summed E-state index contributed by atoms with van der Waals surface area (Å²) in [6.07, 6.45) is 0.110. The molecule has 0 aliphatic carbocycles. The summed E-state index contributed by atoms with van der Waals surface area (Å²) in [5, 5.41) is 28.4. The molecule has 156 valence electrons. The van der Waals surface area contributed by atoms with Crippen molar-refractivity contribution >= 4 is 21.8 Å². The standard InChI is InChI=1S/C24H21FN4O2/c1-13(2)23-22(18-4-3-5-19(27-18)24(30)31)17-11-20-14(12-26-28-20)10-21(17)29(23)16-8-6-15(25)7-9-16/h3-13,24,30-31H,1-2H3,(H,26,28). The summed E-state index contributed by atoms with van der Waals surface area (Å²) >= 11 is 0. The van der Waals surface area contributed by atoms with E-state index in [1.807, 2.05) is 12.1 Å². The number of aliphatic hydroxyl groups is 2. The zero-order valence-electron chi connectivity index (χ0n) is 17.0. The van der Waals surface area contributed by atoms with Crippen LogP contribution in [0.15, 0.2) is 60.8 Å². The van der Waals surface area contributed by atoms with Gasteiger partial charge >= 0.3 is 0 Å². The third-order valence-electron chi connectivity index (χ3n) is 5.49. The van der Waals surface area contributed by atoms with E-state index in [0.717, 1.165) is 38.8 Å². The largest absolute Gasteiger partial charge is 0.363 e. The Kier molecular flexibility index (Phi) is 4.57. The van der Waals surface area contributed by atoms with Crippen molar-refractivity contribution in [1.29, 1.82) is 0 Å². The molecule has 5 rings (SSSR count). The van der Waals surface area contributed by atoms with Crippen LogP contribution in [0.3, 0.4) is 0 Å². The van der Waals surface area contributed by atoms with Crippen LogP contribution in [0.5, 0.6) is 0 Å². The Morgan fingerprint density at radius 3 is 2.52 bits per heavy atom. The Balaban J connectivity index is 1.93. The van der Waals surface area contributed by atoms with Crippen LogP contribution in [-0.2, 0) is 0 Å². The van der Waals surface area contributed by atoms with Crippen LogP contribution in [0, 0.1) is 5.82 Å². The molecular weight excluding hydrogens is 395 g/mol. The molecule has 0 atom stereocenters. The van der Waals surface area contributed by atoms with Crippen molar-refractivity contribution in [2.24, 2.45) is 0 Å².